The molecule has 9 heteroatoms. The molecule has 0 spiro atoms. The van der Waals surface area contributed by atoms with Crippen molar-refractivity contribution in [2.45, 2.75) is 13.5 Å². The smallest absolute Gasteiger partial charge is 0.274 e. The SMILES string of the molecule is Cc1c(Cl)cccc1NC(=O)Cn1nc(C(=O)N2CCOCC2)cc1-c1cccs1. The van der Waals surface area contributed by atoms with E-state index in [2.05, 4.69) is 10.4 Å². The van der Waals surface area contributed by atoms with E-state index < -0.39 is 0 Å². The number of thiophene rings is 1. The molecule has 0 aliphatic carbocycles. The van der Waals surface area contributed by atoms with E-state index >= 15 is 0 Å². The Labute approximate surface area is 183 Å². The lowest BCUT2D eigenvalue weighted by Crippen LogP contribution is -2.40. The first-order valence-corrected chi connectivity index (χ1v) is 10.8. The number of halogens is 1. The molecule has 4 rings (SSSR count). The summed E-state index contributed by atoms with van der Waals surface area (Å²) >= 11 is 7.68. The highest BCUT2D eigenvalue weighted by atomic mass is 35.5. The molecule has 0 saturated carbocycles. The Morgan fingerprint density at radius 3 is 2.77 bits per heavy atom. The highest BCUT2D eigenvalue weighted by molar-refractivity contribution is 7.13. The quantitative estimate of drug-likeness (QED) is 0.651. The van der Waals surface area contributed by atoms with Crippen molar-refractivity contribution in [1.82, 2.24) is 14.7 Å². The number of anilines is 1. The molecule has 0 bridgehead atoms. The third-order valence-corrected chi connectivity index (χ3v) is 6.21. The highest BCUT2D eigenvalue weighted by Gasteiger charge is 2.24. The molecule has 1 saturated heterocycles. The molecule has 1 aliphatic rings. The number of aromatic nitrogens is 2. The summed E-state index contributed by atoms with van der Waals surface area (Å²) in [6, 6.07) is 11.0. The molecule has 0 unspecified atom stereocenters. The van der Waals surface area contributed by atoms with E-state index in [0.29, 0.717) is 42.7 Å². The van der Waals surface area contributed by atoms with Gasteiger partial charge in [0, 0.05) is 23.8 Å². The number of hydrogen-bond donors (Lipinski definition) is 1. The van der Waals surface area contributed by atoms with E-state index in [-0.39, 0.29) is 18.4 Å². The summed E-state index contributed by atoms with van der Waals surface area (Å²) in [5, 5.41) is 9.89. The first-order valence-electron chi connectivity index (χ1n) is 9.56. The summed E-state index contributed by atoms with van der Waals surface area (Å²) in [5.74, 6) is -0.396. The normalized spacial score (nSPS) is 14.0. The Balaban J connectivity index is 1.58. The van der Waals surface area contributed by atoms with Crippen LogP contribution in [0.1, 0.15) is 16.1 Å². The van der Waals surface area contributed by atoms with E-state index in [1.165, 1.54) is 11.3 Å². The lowest BCUT2D eigenvalue weighted by Gasteiger charge is -2.25. The first kappa shape index (κ1) is 20.6. The van der Waals surface area contributed by atoms with Crippen LogP contribution in [0.5, 0.6) is 0 Å². The van der Waals surface area contributed by atoms with E-state index in [1.54, 1.807) is 33.8 Å². The molecular weight excluding hydrogens is 424 g/mol. The highest BCUT2D eigenvalue weighted by Crippen LogP contribution is 2.27. The predicted octanol–water partition coefficient (Wildman–Crippen LogP) is 3.68. The molecule has 3 aromatic rings. The van der Waals surface area contributed by atoms with Gasteiger partial charge in [-0.1, -0.05) is 23.7 Å². The summed E-state index contributed by atoms with van der Waals surface area (Å²) in [6.45, 7) is 3.94. The summed E-state index contributed by atoms with van der Waals surface area (Å²) in [4.78, 5) is 28.3. The van der Waals surface area contributed by atoms with Crippen molar-refractivity contribution < 1.29 is 14.3 Å². The second-order valence-corrected chi connectivity index (χ2v) is 8.27. The second kappa shape index (κ2) is 8.99. The maximum Gasteiger partial charge on any atom is 0.274 e. The van der Waals surface area contributed by atoms with E-state index in [9.17, 15) is 9.59 Å². The molecule has 3 heterocycles. The molecule has 1 aromatic carbocycles. The van der Waals surface area contributed by atoms with Crippen molar-refractivity contribution >= 4 is 40.4 Å². The van der Waals surface area contributed by atoms with Gasteiger partial charge in [0.05, 0.1) is 23.8 Å². The lowest BCUT2D eigenvalue weighted by atomic mass is 10.2. The van der Waals surface area contributed by atoms with Gasteiger partial charge in [0.25, 0.3) is 5.91 Å². The van der Waals surface area contributed by atoms with Crippen LogP contribution < -0.4 is 5.32 Å². The average Bonchev–Trinajstić information content (AvgIpc) is 3.41. The van der Waals surface area contributed by atoms with E-state index in [0.717, 1.165) is 16.1 Å². The van der Waals surface area contributed by atoms with Gasteiger partial charge in [0.1, 0.15) is 6.54 Å². The summed E-state index contributed by atoms with van der Waals surface area (Å²) < 4.78 is 6.90. The van der Waals surface area contributed by atoms with Gasteiger partial charge in [-0.25, -0.2) is 0 Å². The number of nitrogens with one attached hydrogen (secondary N) is 1. The van der Waals surface area contributed by atoms with Crippen molar-refractivity contribution in [2.75, 3.05) is 31.6 Å². The molecule has 1 fully saturated rings. The van der Waals surface area contributed by atoms with Gasteiger partial charge in [-0.3, -0.25) is 14.3 Å². The lowest BCUT2D eigenvalue weighted by molar-refractivity contribution is -0.116. The topological polar surface area (TPSA) is 76.5 Å². The van der Waals surface area contributed by atoms with Crippen molar-refractivity contribution in [2.24, 2.45) is 0 Å². The summed E-state index contributed by atoms with van der Waals surface area (Å²) in [5.41, 5.74) is 2.52. The zero-order chi connectivity index (χ0) is 21.1. The molecule has 30 heavy (non-hydrogen) atoms. The third-order valence-electron chi connectivity index (χ3n) is 4.91. The molecule has 1 N–H and O–H groups in total. The maximum atomic E-state index is 12.9. The number of carbonyl (C=O) groups is 2. The number of nitrogens with zero attached hydrogens (tertiary/aromatic N) is 3. The minimum Gasteiger partial charge on any atom is -0.378 e. The van der Waals surface area contributed by atoms with Crippen molar-refractivity contribution in [3.63, 3.8) is 0 Å². The fraction of sp³-hybridized carbons (Fsp3) is 0.286. The number of morpholine rings is 1. The number of benzene rings is 1. The van der Waals surface area contributed by atoms with Gasteiger partial charge >= 0.3 is 0 Å². The maximum absolute atomic E-state index is 12.9. The molecular formula is C21H21ClN4O3S. The average molecular weight is 445 g/mol. The van der Waals surface area contributed by atoms with Crippen LogP contribution in [-0.2, 0) is 16.1 Å². The zero-order valence-corrected chi connectivity index (χ0v) is 18.0. The minimum atomic E-state index is -0.244. The predicted molar refractivity (Wildman–Crippen MR) is 117 cm³/mol. The molecule has 0 atom stereocenters. The van der Waals surface area contributed by atoms with Crippen LogP contribution in [0.3, 0.4) is 0 Å². The molecule has 7 nitrogen and oxygen atoms in total. The van der Waals surface area contributed by atoms with E-state index in [1.807, 2.05) is 24.4 Å². The monoisotopic (exact) mass is 444 g/mol. The number of amides is 2. The minimum absolute atomic E-state index is 0.0183. The number of hydrogen-bond acceptors (Lipinski definition) is 5. The van der Waals surface area contributed by atoms with Crippen molar-refractivity contribution in [1.29, 1.82) is 0 Å². The van der Waals surface area contributed by atoms with Crippen LogP contribution in [0.2, 0.25) is 5.02 Å². The molecule has 0 radical (unpaired) electrons. The van der Waals surface area contributed by atoms with Gasteiger partial charge in [0.15, 0.2) is 5.69 Å². The Bertz CT molecular complexity index is 1060. The van der Waals surface area contributed by atoms with Gasteiger partial charge in [-0.2, -0.15) is 5.10 Å². The van der Waals surface area contributed by atoms with Crippen LogP contribution in [0.15, 0.2) is 41.8 Å². The van der Waals surface area contributed by atoms with Crippen LogP contribution in [0.25, 0.3) is 10.6 Å². The Kier molecular flexibility index (Phi) is 6.17. The van der Waals surface area contributed by atoms with Crippen molar-refractivity contribution in [3.8, 4) is 10.6 Å². The van der Waals surface area contributed by atoms with Gasteiger partial charge in [-0.05, 0) is 42.1 Å². The number of carbonyl (C=O) groups excluding carboxylic acids is 2. The third kappa shape index (κ3) is 4.40. The summed E-state index contributed by atoms with van der Waals surface area (Å²) in [7, 11) is 0. The molecule has 2 amide bonds. The Morgan fingerprint density at radius 2 is 2.03 bits per heavy atom. The van der Waals surface area contributed by atoms with E-state index in [4.69, 9.17) is 16.3 Å². The Morgan fingerprint density at radius 1 is 1.23 bits per heavy atom. The number of rotatable bonds is 5. The fourth-order valence-electron chi connectivity index (χ4n) is 3.26. The van der Waals surface area contributed by atoms with Gasteiger partial charge in [0.2, 0.25) is 5.91 Å². The standard InChI is InChI=1S/C21H21ClN4O3S/c1-14-15(22)4-2-5-16(14)23-20(27)13-26-18(19-6-3-11-30-19)12-17(24-26)21(28)25-7-9-29-10-8-25/h2-6,11-12H,7-10,13H2,1H3,(H,23,27). The zero-order valence-electron chi connectivity index (χ0n) is 16.4. The molecule has 2 aromatic heterocycles. The van der Waals surface area contributed by atoms with Crippen LogP contribution in [0, 0.1) is 6.92 Å². The largest absolute Gasteiger partial charge is 0.378 e. The van der Waals surface area contributed by atoms with Crippen LogP contribution >= 0.6 is 22.9 Å². The summed E-state index contributed by atoms with van der Waals surface area (Å²) in [6.07, 6.45) is 0. The number of ether oxygens (including phenoxy) is 1. The molecule has 156 valence electrons. The van der Waals surface area contributed by atoms with Crippen LogP contribution in [-0.4, -0.2) is 52.8 Å². The molecule has 1 aliphatic heterocycles. The Hall–Kier alpha value is -2.68. The van der Waals surface area contributed by atoms with Crippen LogP contribution in [0.4, 0.5) is 5.69 Å². The first-order chi connectivity index (χ1) is 14.5. The van der Waals surface area contributed by atoms with Gasteiger partial charge in [-0.15, -0.1) is 11.3 Å². The fourth-order valence-corrected chi connectivity index (χ4v) is 4.18. The second-order valence-electron chi connectivity index (χ2n) is 6.91. The van der Waals surface area contributed by atoms with Crippen molar-refractivity contribution in [3.05, 3.63) is 58.1 Å². The van der Waals surface area contributed by atoms with Gasteiger partial charge < -0.3 is 15.0 Å².